The van der Waals surface area contributed by atoms with Crippen LogP contribution >= 0.6 is 0 Å². The van der Waals surface area contributed by atoms with Crippen LogP contribution in [0.2, 0.25) is 0 Å². The van der Waals surface area contributed by atoms with E-state index in [1.54, 1.807) is 31.4 Å². The molecule has 0 aromatic heterocycles. The van der Waals surface area contributed by atoms with Crippen molar-refractivity contribution in [1.29, 1.82) is 0 Å². The van der Waals surface area contributed by atoms with E-state index in [0.717, 1.165) is 16.9 Å². The van der Waals surface area contributed by atoms with Gasteiger partial charge in [0.15, 0.2) is 0 Å². The zero-order valence-corrected chi connectivity index (χ0v) is 11.3. The minimum absolute atomic E-state index is 0.0680. The number of hydrogen-bond acceptors (Lipinski definition) is 3. The number of carbonyl (C=O) groups excluding carboxylic acids is 1. The van der Waals surface area contributed by atoms with Crippen LogP contribution < -0.4 is 10.1 Å². The number of ether oxygens (including phenoxy) is 1. The third kappa shape index (κ3) is 3.75. The Morgan fingerprint density at radius 2 is 1.85 bits per heavy atom. The van der Waals surface area contributed by atoms with Gasteiger partial charge in [0.1, 0.15) is 11.5 Å². The molecule has 2 N–H and O–H groups in total. The fourth-order valence-electron chi connectivity index (χ4n) is 1.90. The summed E-state index contributed by atoms with van der Waals surface area (Å²) in [5.74, 6) is 0.891. The van der Waals surface area contributed by atoms with Crippen LogP contribution in [0, 0.1) is 0 Å². The number of para-hydroxylation sites is 1. The summed E-state index contributed by atoms with van der Waals surface area (Å²) in [5, 5.41) is 12.0. The summed E-state index contributed by atoms with van der Waals surface area (Å²) in [4.78, 5) is 11.9. The van der Waals surface area contributed by atoms with E-state index in [9.17, 15) is 9.90 Å². The SMILES string of the molecule is COc1ccccc1CNC(=O)Cc1ccc(O)cc1. The van der Waals surface area contributed by atoms with E-state index in [2.05, 4.69) is 5.32 Å². The van der Waals surface area contributed by atoms with Gasteiger partial charge in [-0.05, 0) is 23.8 Å². The summed E-state index contributed by atoms with van der Waals surface area (Å²) in [7, 11) is 1.61. The van der Waals surface area contributed by atoms with E-state index >= 15 is 0 Å². The van der Waals surface area contributed by atoms with Crippen LogP contribution in [0.25, 0.3) is 0 Å². The molecule has 0 atom stereocenters. The lowest BCUT2D eigenvalue weighted by Gasteiger charge is -2.09. The van der Waals surface area contributed by atoms with Gasteiger partial charge >= 0.3 is 0 Å². The third-order valence-corrected chi connectivity index (χ3v) is 2.97. The molecule has 0 fully saturated rings. The van der Waals surface area contributed by atoms with Crippen LogP contribution in [0.15, 0.2) is 48.5 Å². The smallest absolute Gasteiger partial charge is 0.224 e. The van der Waals surface area contributed by atoms with Crippen LogP contribution in [0.1, 0.15) is 11.1 Å². The Labute approximate surface area is 118 Å². The van der Waals surface area contributed by atoms with Gasteiger partial charge < -0.3 is 15.2 Å². The van der Waals surface area contributed by atoms with E-state index in [1.165, 1.54) is 0 Å². The highest BCUT2D eigenvalue weighted by Crippen LogP contribution is 2.16. The monoisotopic (exact) mass is 271 g/mol. The van der Waals surface area contributed by atoms with Gasteiger partial charge in [-0.3, -0.25) is 4.79 Å². The van der Waals surface area contributed by atoms with Crippen LogP contribution in [-0.2, 0) is 17.8 Å². The van der Waals surface area contributed by atoms with Crippen molar-refractivity contribution in [2.75, 3.05) is 7.11 Å². The number of methoxy groups -OCH3 is 1. The molecular weight excluding hydrogens is 254 g/mol. The second-order valence-corrected chi connectivity index (χ2v) is 4.43. The van der Waals surface area contributed by atoms with Crippen LogP contribution in [0.3, 0.4) is 0 Å². The molecule has 104 valence electrons. The quantitative estimate of drug-likeness (QED) is 0.877. The molecule has 0 aliphatic rings. The van der Waals surface area contributed by atoms with Gasteiger partial charge in [-0.15, -0.1) is 0 Å². The number of benzene rings is 2. The molecular formula is C16H17NO3. The topological polar surface area (TPSA) is 58.6 Å². The van der Waals surface area contributed by atoms with Crippen LogP contribution in [0.5, 0.6) is 11.5 Å². The number of carbonyl (C=O) groups is 1. The Morgan fingerprint density at radius 3 is 2.55 bits per heavy atom. The van der Waals surface area contributed by atoms with E-state index in [0.29, 0.717) is 6.54 Å². The first-order valence-electron chi connectivity index (χ1n) is 6.35. The van der Waals surface area contributed by atoms with Crippen molar-refractivity contribution in [3.05, 3.63) is 59.7 Å². The Kier molecular flexibility index (Phi) is 4.60. The molecule has 2 aromatic carbocycles. The number of nitrogens with one attached hydrogen (secondary N) is 1. The van der Waals surface area contributed by atoms with Gasteiger partial charge in [-0.1, -0.05) is 30.3 Å². The minimum atomic E-state index is -0.0680. The molecule has 4 heteroatoms. The van der Waals surface area contributed by atoms with Gasteiger partial charge in [0.2, 0.25) is 5.91 Å². The lowest BCUT2D eigenvalue weighted by Crippen LogP contribution is -2.24. The van der Waals surface area contributed by atoms with E-state index in [-0.39, 0.29) is 18.1 Å². The first kappa shape index (κ1) is 13.9. The lowest BCUT2D eigenvalue weighted by molar-refractivity contribution is -0.120. The summed E-state index contributed by atoms with van der Waals surface area (Å²) < 4.78 is 5.23. The fraction of sp³-hybridized carbons (Fsp3) is 0.188. The average molecular weight is 271 g/mol. The first-order chi connectivity index (χ1) is 9.69. The summed E-state index contributed by atoms with van der Waals surface area (Å²) in [6.07, 6.45) is 0.287. The summed E-state index contributed by atoms with van der Waals surface area (Å²) >= 11 is 0. The molecule has 0 saturated heterocycles. The molecule has 2 aromatic rings. The highest BCUT2D eigenvalue weighted by Gasteiger charge is 2.06. The molecule has 4 nitrogen and oxygen atoms in total. The fourth-order valence-corrected chi connectivity index (χ4v) is 1.90. The molecule has 0 spiro atoms. The van der Waals surface area contributed by atoms with Gasteiger partial charge in [-0.2, -0.15) is 0 Å². The second-order valence-electron chi connectivity index (χ2n) is 4.43. The zero-order chi connectivity index (χ0) is 14.4. The number of hydrogen-bond donors (Lipinski definition) is 2. The number of phenolic OH excluding ortho intramolecular Hbond substituents is 1. The largest absolute Gasteiger partial charge is 0.508 e. The molecule has 0 aliphatic carbocycles. The van der Waals surface area contributed by atoms with E-state index < -0.39 is 0 Å². The number of amides is 1. The van der Waals surface area contributed by atoms with Crippen molar-refractivity contribution in [2.24, 2.45) is 0 Å². The minimum Gasteiger partial charge on any atom is -0.508 e. The summed E-state index contributed by atoms with van der Waals surface area (Å²) in [6, 6.07) is 14.2. The maximum atomic E-state index is 11.9. The second kappa shape index (κ2) is 6.61. The van der Waals surface area contributed by atoms with Crippen molar-refractivity contribution in [2.45, 2.75) is 13.0 Å². The molecule has 0 radical (unpaired) electrons. The van der Waals surface area contributed by atoms with Gasteiger partial charge in [0.25, 0.3) is 0 Å². The molecule has 0 saturated carbocycles. The Hall–Kier alpha value is -2.49. The van der Waals surface area contributed by atoms with Crippen molar-refractivity contribution >= 4 is 5.91 Å². The highest BCUT2D eigenvalue weighted by molar-refractivity contribution is 5.78. The van der Waals surface area contributed by atoms with Crippen molar-refractivity contribution in [3.63, 3.8) is 0 Å². The van der Waals surface area contributed by atoms with Crippen molar-refractivity contribution < 1.29 is 14.6 Å². The standard InChI is InChI=1S/C16H17NO3/c1-20-15-5-3-2-4-13(15)11-17-16(19)10-12-6-8-14(18)9-7-12/h2-9,18H,10-11H2,1H3,(H,17,19). The summed E-state index contributed by atoms with van der Waals surface area (Å²) in [5.41, 5.74) is 1.80. The Morgan fingerprint density at radius 1 is 1.15 bits per heavy atom. The van der Waals surface area contributed by atoms with E-state index in [4.69, 9.17) is 4.74 Å². The number of rotatable bonds is 5. The molecule has 2 rings (SSSR count). The molecule has 0 heterocycles. The molecule has 0 unspecified atom stereocenters. The lowest BCUT2D eigenvalue weighted by atomic mass is 10.1. The van der Waals surface area contributed by atoms with Crippen molar-refractivity contribution in [1.82, 2.24) is 5.32 Å². The van der Waals surface area contributed by atoms with Gasteiger partial charge in [-0.25, -0.2) is 0 Å². The van der Waals surface area contributed by atoms with Gasteiger partial charge in [0.05, 0.1) is 13.5 Å². The maximum Gasteiger partial charge on any atom is 0.224 e. The average Bonchev–Trinajstić information content (AvgIpc) is 2.48. The summed E-state index contributed by atoms with van der Waals surface area (Å²) in [6.45, 7) is 0.431. The molecule has 20 heavy (non-hydrogen) atoms. The molecule has 0 bridgehead atoms. The normalized spacial score (nSPS) is 10.1. The highest BCUT2D eigenvalue weighted by atomic mass is 16.5. The van der Waals surface area contributed by atoms with Crippen LogP contribution in [0.4, 0.5) is 0 Å². The third-order valence-electron chi connectivity index (χ3n) is 2.97. The zero-order valence-electron chi connectivity index (χ0n) is 11.3. The molecule has 0 aliphatic heterocycles. The Bertz CT molecular complexity index is 579. The van der Waals surface area contributed by atoms with Crippen LogP contribution in [-0.4, -0.2) is 18.1 Å². The maximum absolute atomic E-state index is 11.9. The van der Waals surface area contributed by atoms with E-state index in [1.807, 2.05) is 24.3 Å². The van der Waals surface area contributed by atoms with Gasteiger partial charge in [0, 0.05) is 12.1 Å². The molecule has 1 amide bonds. The number of aromatic hydroxyl groups is 1. The number of phenols is 1. The Balaban J connectivity index is 1.90. The van der Waals surface area contributed by atoms with Crippen molar-refractivity contribution in [3.8, 4) is 11.5 Å². The first-order valence-corrected chi connectivity index (χ1v) is 6.35. The predicted molar refractivity (Wildman–Crippen MR) is 76.7 cm³/mol. The predicted octanol–water partition coefficient (Wildman–Crippen LogP) is 2.26.